The molecule has 0 bridgehead atoms. The molecule has 0 radical (unpaired) electrons. The second-order valence-corrected chi connectivity index (χ2v) is 7.68. The maximum atomic E-state index is 13.4. The lowest BCUT2D eigenvalue weighted by Crippen LogP contribution is -2.45. The smallest absolute Gasteiger partial charge is 0.230 e. The molecule has 156 valence electrons. The van der Waals surface area contributed by atoms with Crippen LogP contribution in [0, 0.1) is 11.8 Å². The Kier molecular flexibility index (Phi) is 7.14. The first kappa shape index (κ1) is 21.2. The number of piperidine rings is 1. The highest BCUT2D eigenvalue weighted by Gasteiger charge is 2.41. The molecule has 7 heteroatoms. The fourth-order valence-corrected chi connectivity index (χ4v) is 4.12. The molecule has 1 heterocycles. The highest BCUT2D eigenvalue weighted by molar-refractivity contribution is 6.14. The summed E-state index contributed by atoms with van der Waals surface area (Å²) in [7, 11) is 1.91. The summed E-state index contributed by atoms with van der Waals surface area (Å²) in [6.45, 7) is 1.41. The van der Waals surface area contributed by atoms with Crippen molar-refractivity contribution >= 4 is 23.4 Å². The first-order valence-corrected chi connectivity index (χ1v) is 10.3. The van der Waals surface area contributed by atoms with Crippen molar-refractivity contribution in [3.05, 3.63) is 29.3 Å². The first-order valence-electron chi connectivity index (χ1n) is 10.3. The Labute approximate surface area is 170 Å². The quantitative estimate of drug-likeness (QED) is 0.394. The summed E-state index contributed by atoms with van der Waals surface area (Å²) in [6, 6.07) is 5.10. The first-order chi connectivity index (χ1) is 14.0. The summed E-state index contributed by atoms with van der Waals surface area (Å²) in [5.41, 5.74) is 0.664. The van der Waals surface area contributed by atoms with Crippen LogP contribution in [0.25, 0.3) is 0 Å². The standard InChI is InChI=1S/C22H28N2O5/c1-23-12-3-2-4-13-29-18-7-5-6-16-17(25)10-8-14(21(27)20(16)18)15-9-11-19(26)24-22(15)28/h5-7,14-15,23H,2-4,8-13H2,1H3,(H,24,26,28). The minimum atomic E-state index is -0.617. The van der Waals surface area contributed by atoms with E-state index in [0.717, 1.165) is 25.8 Å². The zero-order valence-electron chi connectivity index (χ0n) is 16.8. The molecule has 1 aliphatic carbocycles. The van der Waals surface area contributed by atoms with Gasteiger partial charge in [0.15, 0.2) is 11.6 Å². The van der Waals surface area contributed by atoms with E-state index in [-0.39, 0.29) is 30.3 Å². The van der Waals surface area contributed by atoms with E-state index >= 15 is 0 Å². The van der Waals surface area contributed by atoms with Crippen LogP contribution in [0.1, 0.15) is 65.7 Å². The van der Waals surface area contributed by atoms with Crippen LogP contribution < -0.4 is 15.4 Å². The molecule has 7 nitrogen and oxygen atoms in total. The Morgan fingerprint density at radius 2 is 1.83 bits per heavy atom. The zero-order chi connectivity index (χ0) is 20.8. The van der Waals surface area contributed by atoms with Crippen LogP contribution in [-0.4, -0.2) is 43.6 Å². The van der Waals surface area contributed by atoms with Gasteiger partial charge < -0.3 is 10.1 Å². The van der Waals surface area contributed by atoms with Gasteiger partial charge in [-0.3, -0.25) is 24.5 Å². The number of ether oxygens (including phenoxy) is 1. The maximum Gasteiger partial charge on any atom is 0.230 e. The topological polar surface area (TPSA) is 102 Å². The van der Waals surface area contributed by atoms with Gasteiger partial charge in [-0.15, -0.1) is 0 Å². The van der Waals surface area contributed by atoms with Crippen LogP contribution in [0.15, 0.2) is 18.2 Å². The molecule has 29 heavy (non-hydrogen) atoms. The van der Waals surface area contributed by atoms with Crippen LogP contribution in [0.5, 0.6) is 5.75 Å². The second-order valence-electron chi connectivity index (χ2n) is 7.68. The molecule has 1 aromatic carbocycles. The van der Waals surface area contributed by atoms with Gasteiger partial charge in [-0.2, -0.15) is 0 Å². The summed E-state index contributed by atoms with van der Waals surface area (Å²) in [5.74, 6) is -1.87. The van der Waals surface area contributed by atoms with Crippen LogP contribution in [0.4, 0.5) is 0 Å². The van der Waals surface area contributed by atoms with E-state index in [4.69, 9.17) is 4.74 Å². The SMILES string of the molecule is CNCCCCCOc1cccc2c1C(=O)C(C1CCC(=O)NC1=O)CCC2=O. The van der Waals surface area contributed by atoms with E-state index in [0.29, 0.717) is 36.3 Å². The van der Waals surface area contributed by atoms with Crippen LogP contribution in [0.2, 0.25) is 0 Å². The van der Waals surface area contributed by atoms with Crippen molar-refractivity contribution in [2.45, 2.75) is 44.9 Å². The lowest BCUT2D eigenvalue weighted by molar-refractivity contribution is -0.137. The largest absolute Gasteiger partial charge is 0.493 e. The molecule has 2 amide bonds. The van der Waals surface area contributed by atoms with Crippen molar-refractivity contribution in [1.82, 2.24) is 10.6 Å². The Morgan fingerprint density at radius 1 is 1.03 bits per heavy atom. The predicted molar refractivity (Wildman–Crippen MR) is 107 cm³/mol. The van der Waals surface area contributed by atoms with Crippen LogP contribution in [-0.2, 0) is 9.59 Å². The molecule has 2 aliphatic rings. The summed E-state index contributed by atoms with van der Waals surface area (Å²) in [6.07, 6.45) is 3.95. The van der Waals surface area contributed by atoms with Gasteiger partial charge in [-0.25, -0.2) is 0 Å². The number of amides is 2. The third-order valence-electron chi connectivity index (χ3n) is 5.69. The minimum Gasteiger partial charge on any atom is -0.493 e. The number of imide groups is 1. The third-order valence-corrected chi connectivity index (χ3v) is 5.69. The molecule has 2 atom stereocenters. The lowest BCUT2D eigenvalue weighted by atomic mass is 9.79. The summed E-state index contributed by atoms with van der Waals surface area (Å²) in [4.78, 5) is 49.8. The van der Waals surface area contributed by atoms with Crippen LogP contribution in [0.3, 0.4) is 0 Å². The normalized spacial score (nSPS) is 22.1. The highest BCUT2D eigenvalue weighted by atomic mass is 16.5. The maximum absolute atomic E-state index is 13.4. The lowest BCUT2D eigenvalue weighted by Gasteiger charge is -2.27. The fourth-order valence-electron chi connectivity index (χ4n) is 4.12. The van der Waals surface area contributed by atoms with E-state index < -0.39 is 17.7 Å². The van der Waals surface area contributed by atoms with E-state index in [1.807, 2.05) is 7.05 Å². The van der Waals surface area contributed by atoms with Gasteiger partial charge in [0.05, 0.1) is 12.2 Å². The van der Waals surface area contributed by atoms with Gasteiger partial charge in [0.2, 0.25) is 11.8 Å². The minimum absolute atomic E-state index is 0.109. The molecule has 0 aromatic heterocycles. The van der Waals surface area contributed by atoms with Gasteiger partial charge in [0.1, 0.15) is 5.75 Å². The van der Waals surface area contributed by atoms with E-state index in [9.17, 15) is 19.2 Å². The predicted octanol–water partition coefficient (Wildman–Crippen LogP) is 2.28. The van der Waals surface area contributed by atoms with Gasteiger partial charge in [-0.1, -0.05) is 12.1 Å². The molecule has 2 unspecified atom stereocenters. The molecule has 1 aliphatic heterocycles. The van der Waals surface area contributed by atoms with Crippen molar-refractivity contribution in [2.75, 3.05) is 20.2 Å². The number of hydrogen-bond donors (Lipinski definition) is 2. The zero-order valence-corrected chi connectivity index (χ0v) is 16.8. The molecule has 2 N–H and O–H groups in total. The Morgan fingerprint density at radius 3 is 2.59 bits per heavy atom. The fraction of sp³-hybridized carbons (Fsp3) is 0.545. The van der Waals surface area contributed by atoms with Gasteiger partial charge in [0, 0.05) is 30.2 Å². The number of unbranched alkanes of at least 4 members (excludes halogenated alkanes) is 2. The van der Waals surface area contributed by atoms with Gasteiger partial charge in [-0.05, 0) is 51.8 Å². The Bertz CT molecular complexity index is 804. The number of rotatable bonds is 8. The molecular formula is C22H28N2O5. The Balaban J connectivity index is 1.79. The number of hydrogen-bond acceptors (Lipinski definition) is 6. The number of carbonyl (C=O) groups is 4. The molecular weight excluding hydrogens is 372 g/mol. The number of benzene rings is 1. The molecule has 1 saturated heterocycles. The van der Waals surface area contributed by atoms with Crippen molar-refractivity contribution < 1.29 is 23.9 Å². The van der Waals surface area contributed by atoms with Crippen molar-refractivity contribution in [1.29, 1.82) is 0 Å². The molecule has 0 saturated carbocycles. The van der Waals surface area contributed by atoms with Crippen molar-refractivity contribution in [2.24, 2.45) is 11.8 Å². The van der Waals surface area contributed by atoms with Crippen molar-refractivity contribution in [3.63, 3.8) is 0 Å². The summed E-state index contributed by atoms with van der Waals surface area (Å²) < 4.78 is 5.89. The number of carbonyl (C=O) groups excluding carboxylic acids is 4. The average molecular weight is 400 g/mol. The summed E-state index contributed by atoms with van der Waals surface area (Å²) in [5, 5.41) is 5.43. The van der Waals surface area contributed by atoms with Gasteiger partial charge in [0.25, 0.3) is 0 Å². The molecule has 1 aromatic rings. The second kappa shape index (κ2) is 9.78. The number of nitrogens with one attached hydrogen (secondary N) is 2. The Hall–Kier alpha value is -2.54. The van der Waals surface area contributed by atoms with Crippen LogP contribution >= 0.6 is 0 Å². The average Bonchev–Trinajstić information content (AvgIpc) is 2.83. The molecule has 3 rings (SSSR count). The van der Waals surface area contributed by atoms with E-state index in [1.165, 1.54) is 0 Å². The third kappa shape index (κ3) is 4.90. The van der Waals surface area contributed by atoms with Crippen molar-refractivity contribution in [3.8, 4) is 5.75 Å². The number of ketones is 2. The molecule has 1 fully saturated rings. The van der Waals surface area contributed by atoms with Gasteiger partial charge >= 0.3 is 0 Å². The number of fused-ring (bicyclic) bond motifs is 1. The summed E-state index contributed by atoms with van der Waals surface area (Å²) >= 11 is 0. The monoisotopic (exact) mass is 400 g/mol. The van der Waals surface area contributed by atoms with E-state index in [2.05, 4.69) is 10.6 Å². The highest BCUT2D eigenvalue weighted by Crippen LogP contribution is 2.36. The number of Topliss-reactive ketones (excluding diaryl/α,β-unsaturated/α-hetero) is 2. The molecule has 0 spiro atoms. The van der Waals surface area contributed by atoms with E-state index in [1.54, 1.807) is 18.2 Å².